The largest absolute Gasteiger partial charge is 0.311 e. The summed E-state index contributed by atoms with van der Waals surface area (Å²) in [5, 5.41) is 0. The lowest BCUT2D eigenvalue weighted by Crippen LogP contribution is -2.61. The molecule has 0 unspecified atom stereocenters. The van der Waals surface area contributed by atoms with Gasteiger partial charge in [0.2, 0.25) is 0 Å². The Morgan fingerprint density at radius 3 is 1.56 bits per heavy atom. The molecule has 0 amide bonds. The molecular weight excluding hydrogens is 882 g/mol. The van der Waals surface area contributed by atoms with E-state index in [1.165, 1.54) is 101 Å². The maximum Gasteiger partial charge on any atom is 0.252 e. The fourth-order valence-corrected chi connectivity index (χ4v) is 12.0. The Labute approximate surface area is 434 Å². The van der Waals surface area contributed by atoms with Crippen LogP contribution in [0.3, 0.4) is 0 Å². The lowest BCUT2D eigenvalue weighted by molar-refractivity contribution is 0.589. The minimum Gasteiger partial charge on any atom is -0.311 e. The van der Waals surface area contributed by atoms with Crippen LogP contribution in [-0.2, 0) is 21.7 Å². The van der Waals surface area contributed by atoms with Crippen molar-refractivity contribution in [3.8, 4) is 22.3 Å². The van der Waals surface area contributed by atoms with Crippen molar-refractivity contribution in [3.05, 3.63) is 228 Å². The highest BCUT2D eigenvalue weighted by Crippen LogP contribution is 2.53. The van der Waals surface area contributed by atoms with Gasteiger partial charge in [-0.1, -0.05) is 197 Å². The summed E-state index contributed by atoms with van der Waals surface area (Å²) < 4.78 is 0. The molecule has 0 radical (unpaired) electrons. The standard InChI is InChI=1S/C69H66BN3/c1-66(2,3)47-28-33-52(34-29-47)72-61-39-30-48(67(4,5)6)40-60(61)70-59-38-36-54(71(50-22-16-13-17-23-50)51-31-26-46(27-32-51)45-20-14-12-15-21-45)44-62(59)73(64-42-49(68(7,8)9)41-63(72)65(64)70)53-35-37-56-55-24-18-19-25-57(55)69(10,11)58(56)43-53/h12-44H,1-11H3. The first-order valence-electron chi connectivity index (χ1n) is 26.3. The SMILES string of the molecule is CC(C)(C)c1ccc(N2c3ccc(C(C)(C)C)cc3B3c4ccc(N(c5ccccc5)c5ccc(-c6ccccc6)cc5)cc4N(c4ccc5c(c4)C(C)(C)c4ccccc4-5)c4cc(C(C)(C)C)cc2c43)cc1. The Balaban J connectivity index is 1.15. The fourth-order valence-electron chi connectivity index (χ4n) is 12.0. The summed E-state index contributed by atoms with van der Waals surface area (Å²) in [6.45, 7) is 25.8. The number of anilines is 9. The van der Waals surface area contributed by atoms with Crippen molar-refractivity contribution in [2.75, 3.05) is 14.7 Å². The molecule has 3 nitrogen and oxygen atoms in total. The topological polar surface area (TPSA) is 9.72 Å². The first-order valence-corrected chi connectivity index (χ1v) is 26.3. The predicted molar refractivity (Wildman–Crippen MR) is 314 cm³/mol. The van der Waals surface area contributed by atoms with Crippen molar-refractivity contribution >= 4 is 74.3 Å². The van der Waals surface area contributed by atoms with Gasteiger partial charge >= 0.3 is 0 Å². The van der Waals surface area contributed by atoms with Crippen LogP contribution in [0.15, 0.2) is 200 Å². The van der Waals surface area contributed by atoms with E-state index in [1.807, 2.05) is 0 Å². The zero-order valence-electron chi connectivity index (χ0n) is 44.5. The number of nitrogens with zero attached hydrogens (tertiary/aromatic N) is 3. The zero-order chi connectivity index (χ0) is 50.8. The maximum absolute atomic E-state index is 2.63. The van der Waals surface area contributed by atoms with E-state index >= 15 is 0 Å². The number of rotatable bonds is 6. The third-order valence-electron chi connectivity index (χ3n) is 16.1. The smallest absolute Gasteiger partial charge is 0.252 e. The number of hydrogen-bond acceptors (Lipinski definition) is 3. The molecule has 0 N–H and O–H groups in total. The fraction of sp³-hybridized carbons (Fsp3) is 0.217. The van der Waals surface area contributed by atoms with E-state index in [0.717, 1.165) is 17.1 Å². The summed E-state index contributed by atoms with van der Waals surface area (Å²) in [5.41, 5.74) is 25.9. The van der Waals surface area contributed by atoms with Crippen LogP contribution < -0.4 is 31.1 Å². The van der Waals surface area contributed by atoms with E-state index in [-0.39, 0.29) is 28.4 Å². The average molecular weight is 948 g/mol. The van der Waals surface area contributed by atoms with E-state index in [1.54, 1.807) is 0 Å². The number of hydrogen-bond donors (Lipinski definition) is 0. The second-order valence-electron chi connectivity index (χ2n) is 24.3. The van der Waals surface area contributed by atoms with Gasteiger partial charge in [-0.05, 0) is 162 Å². The van der Waals surface area contributed by atoms with Gasteiger partial charge in [-0.15, -0.1) is 0 Å². The van der Waals surface area contributed by atoms with Crippen molar-refractivity contribution in [1.29, 1.82) is 0 Å². The average Bonchev–Trinajstić information content (AvgIpc) is 3.61. The van der Waals surface area contributed by atoms with Crippen LogP contribution in [0.5, 0.6) is 0 Å². The molecule has 0 atom stereocenters. The maximum atomic E-state index is 2.63. The third kappa shape index (κ3) is 7.72. The third-order valence-corrected chi connectivity index (χ3v) is 16.1. The lowest BCUT2D eigenvalue weighted by Gasteiger charge is -2.46. The first kappa shape index (κ1) is 46.5. The number of benzene rings is 9. The van der Waals surface area contributed by atoms with Crippen LogP contribution in [0.1, 0.15) is 104 Å². The Bertz CT molecular complexity index is 3590. The molecule has 9 aromatic carbocycles. The molecule has 9 aromatic rings. The van der Waals surface area contributed by atoms with Gasteiger partial charge < -0.3 is 14.7 Å². The summed E-state index contributed by atoms with van der Waals surface area (Å²) in [7, 11) is 0. The van der Waals surface area contributed by atoms with E-state index in [4.69, 9.17) is 0 Å². The molecule has 1 aliphatic carbocycles. The van der Waals surface area contributed by atoms with E-state index in [9.17, 15) is 0 Å². The highest BCUT2D eigenvalue weighted by atomic mass is 15.2. The summed E-state index contributed by atoms with van der Waals surface area (Å²) in [5.74, 6) is 0. The van der Waals surface area contributed by atoms with Crippen LogP contribution in [0, 0.1) is 0 Å². The first-order chi connectivity index (χ1) is 34.9. The van der Waals surface area contributed by atoms with Crippen LogP contribution in [0.25, 0.3) is 22.3 Å². The molecule has 0 spiro atoms. The van der Waals surface area contributed by atoms with E-state index in [2.05, 4.69) is 291 Å². The highest BCUT2D eigenvalue weighted by molar-refractivity contribution is 7.00. The normalized spacial score (nSPS) is 14.3. The second kappa shape index (κ2) is 16.8. The van der Waals surface area contributed by atoms with Crippen LogP contribution in [0.4, 0.5) is 51.2 Å². The molecule has 0 saturated carbocycles. The van der Waals surface area contributed by atoms with Crippen molar-refractivity contribution in [2.24, 2.45) is 0 Å². The van der Waals surface area contributed by atoms with Gasteiger partial charge in [0.25, 0.3) is 6.71 Å². The molecule has 0 fully saturated rings. The molecule has 0 saturated heterocycles. The highest BCUT2D eigenvalue weighted by Gasteiger charge is 2.45. The van der Waals surface area contributed by atoms with Gasteiger partial charge in [0.1, 0.15) is 0 Å². The monoisotopic (exact) mass is 948 g/mol. The van der Waals surface area contributed by atoms with Crippen LogP contribution in [-0.4, -0.2) is 6.71 Å². The minimum atomic E-state index is -0.175. The van der Waals surface area contributed by atoms with Gasteiger partial charge in [0.05, 0.1) is 0 Å². The van der Waals surface area contributed by atoms with Crippen molar-refractivity contribution in [2.45, 2.75) is 97.8 Å². The van der Waals surface area contributed by atoms with Gasteiger partial charge in [0.15, 0.2) is 0 Å². The molecule has 73 heavy (non-hydrogen) atoms. The van der Waals surface area contributed by atoms with E-state index < -0.39 is 0 Å². The van der Waals surface area contributed by atoms with E-state index in [0.29, 0.717) is 0 Å². The molecule has 2 heterocycles. The summed E-state index contributed by atoms with van der Waals surface area (Å²) in [6.07, 6.45) is 0. The second-order valence-corrected chi connectivity index (χ2v) is 24.3. The lowest BCUT2D eigenvalue weighted by atomic mass is 9.33. The Kier molecular flexibility index (Phi) is 10.7. The Morgan fingerprint density at radius 2 is 0.904 bits per heavy atom. The summed E-state index contributed by atoms with van der Waals surface area (Å²) in [4.78, 5) is 7.64. The molecule has 0 bridgehead atoms. The van der Waals surface area contributed by atoms with Gasteiger partial charge in [-0.2, -0.15) is 0 Å². The molecule has 360 valence electrons. The quantitative estimate of drug-likeness (QED) is 0.154. The molecule has 0 aromatic heterocycles. The van der Waals surface area contributed by atoms with Gasteiger partial charge in [0, 0.05) is 56.6 Å². The summed E-state index contributed by atoms with van der Waals surface area (Å²) in [6, 6.07) is 76.0. The molecule has 12 rings (SSSR count). The summed E-state index contributed by atoms with van der Waals surface area (Å²) >= 11 is 0. The molecule has 4 heteroatoms. The number of para-hydroxylation sites is 1. The van der Waals surface area contributed by atoms with Crippen LogP contribution in [0.2, 0.25) is 0 Å². The van der Waals surface area contributed by atoms with Crippen molar-refractivity contribution < 1.29 is 0 Å². The van der Waals surface area contributed by atoms with Crippen molar-refractivity contribution in [1.82, 2.24) is 0 Å². The minimum absolute atomic E-state index is 0.0346. The molecular formula is C69H66BN3. The molecule has 2 aliphatic heterocycles. The Hall–Kier alpha value is -7.56. The Morgan fingerprint density at radius 1 is 0.370 bits per heavy atom. The van der Waals surface area contributed by atoms with Gasteiger partial charge in [-0.25, -0.2) is 0 Å². The zero-order valence-corrected chi connectivity index (χ0v) is 44.5. The van der Waals surface area contributed by atoms with Crippen molar-refractivity contribution in [3.63, 3.8) is 0 Å². The van der Waals surface area contributed by atoms with Gasteiger partial charge in [-0.3, -0.25) is 0 Å². The number of fused-ring (bicyclic) bond motifs is 7. The van der Waals surface area contributed by atoms with Crippen LogP contribution >= 0.6 is 0 Å². The molecule has 3 aliphatic rings. The predicted octanol–water partition coefficient (Wildman–Crippen LogP) is 17.1.